The Hall–Kier alpha value is -2.76. The van der Waals surface area contributed by atoms with Crippen LogP contribution in [-0.4, -0.2) is 51.0 Å². The van der Waals surface area contributed by atoms with Crippen molar-refractivity contribution < 1.29 is 21.6 Å². The topological polar surface area (TPSA) is 104 Å². The Bertz CT molecular complexity index is 1580. The molecule has 3 aromatic rings. The van der Waals surface area contributed by atoms with Gasteiger partial charge < -0.3 is 5.32 Å². The molecule has 41 heavy (non-hydrogen) atoms. The maximum Gasteiger partial charge on any atom is 0.244 e. The van der Waals surface area contributed by atoms with Gasteiger partial charge in [0.2, 0.25) is 26.0 Å². The minimum absolute atomic E-state index is 0.0112. The van der Waals surface area contributed by atoms with Crippen LogP contribution in [0.4, 0.5) is 0 Å². The second kappa shape index (κ2) is 13.0. The van der Waals surface area contributed by atoms with Gasteiger partial charge in [0.05, 0.1) is 16.3 Å². The molecule has 0 saturated carbocycles. The molecule has 0 aliphatic carbocycles. The van der Waals surface area contributed by atoms with E-state index in [1.54, 1.807) is 62.4 Å². The molecule has 1 saturated heterocycles. The van der Waals surface area contributed by atoms with Gasteiger partial charge in [-0.1, -0.05) is 60.0 Å². The summed E-state index contributed by atoms with van der Waals surface area (Å²) < 4.78 is 56.3. The van der Waals surface area contributed by atoms with Crippen LogP contribution in [0.15, 0.2) is 70.5 Å². The highest BCUT2D eigenvalue weighted by Gasteiger charge is 2.30. The predicted octanol–water partition coefficient (Wildman–Crippen LogP) is 4.95. The first-order valence-electron chi connectivity index (χ1n) is 13.6. The van der Waals surface area contributed by atoms with Crippen molar-refractivity contribution in [1.82, 2.24) is 13.9 Å². The van der Waals surface area contributed by atoms with E-state index in [-0.39, 0.29) is 29.4 Å². The van der Waals surface area contributed by atoms with E-state index in [0.717, 1.165) is 24.8 Å². The SMILES string of the molecule is Cc1cc(C)c(S(=O)(=O)N(CC(=O)NCc2ccc(S(=O)(=O)N3CCCCC3)cc2)Cc2ccc(Cl)cc2)c(C)c1. The Morgan fingerprint density at radius 1 is 0.854 bits per heavy atom. The number of nitrogens with zero attached hydrogens (tertiary/aromatic N) is 2. The number of halogens is 1. The van der Waals surface area contributed by atoms with Crippen molar-refractivity contribution in [2.24, 2.45) is 0 Å². The van der Waals surface area contributed by atoms with Crippen LogP contribution >= 0.6 is 11.6 Å². The van der Waals surface area contributed by atoms with Gasteiger partial charge in [-0.05, 0) is 80.1 Å². The van der Waals surface area contributed by atoms with Crippen LogP contribution in [0.5, 0.6) is 0 Å². The standard InChI is InChI=1S/C30H36ClN3O5S2/c1-22-17-23(2)30(24(3)18-22)41(38,39)34(20-26-7-11-27(31)12-8-26)21-29(35)32-19-25-9-13-28(14-10-25)40(36,37)33-15-5-4-6-16-33/h7-14,17-18H,4-6,15-16,19-21H2,1-3H3,(H,32,35). The fourth-order valence-corrected chi connectivity index (χ4v) is 8.61. The molecule has 1 N–H and O–H groups in total. The number of nitrogens with one attached hydrogen (secondary N) is 1. The van der Waals surface area contributed by atoms with Crippen molar-refractivity contribution in [3.05, 3.63) is 93.5 Å². The van der Waals surface area contributed by atoms with Crippen LogP contribution in [-0.2, 0) is 37.9 Å². The van der Waals surface area contributed by atoms with Crippen molar-refractivity contribution in [3.8, 4) is 0 Å². The van der Waals surface area contributed by atoms with Crippen LogP contribution in [0.3, 0.4) is 0 Å². The smallest absolute Gasteiger partial charge is 0.244 e. The van der Waals surface area contributed by atoms with E-state index in [1.165, 1.54) is 8.61 Å². The van der Waals surface area contributed by atoms with E-state index in [2.05, 4.69) is 5.32 Å². The quantitative estimate of drug-likeness (QED) is 0.347. The summed E-state index contributed by atoms with van der Waals surface area (Å²) in [7, 11) is -7.58. The highest BCUT2D eigenvalue weighted by Crippen LogP contribution is 2.27. The van der Waals surface area contributed by atoms with Crippen LogP contribution in [0.2, 0.25) is 5.02 Å². The lowest BCUT2D eigenvalue weighted by molar-refractivity contribution is -0.121. The fraction of sp³-hybridized carbons (Fsp3) is 0.367. The zero-order chi connectivity index (χ0) is 29.8. The maximum atomic E-state index is 13.9. The normalized spacial score (nSPS) is 14.8. The summed E-state index contributed by atoms with van der Waals surface area (Å²) in [5, 5.41) is 3.31. The third kappa shape index (κ3) is 7.55. The molecule has 8 nitrogen and oxygen atoms in total. The highest BCUT2D eigenvalue weighted by atomic mass is 35.5. The zero-order valence-corrected chi connectivity index (χ0v) is 25.9. The third-order valence-corrected chi connectivity index (χ3v) is 11.4. The Kier molecular flexibility index (Phi) is 9.92. The first-order chi connectivity index (χ1) is 19.4. The highest BCUT2D eigenvalue weighted by molar-refractivity contribution is 7.89. The zero-order valence-electron chi connectivity index (χ0n) is 23.6. The second-order valence-electron chi connectivity index (χ2n) is 10.5. The van der Waals surface area contributed by atoms with Gasteiger partial charge in [0.25, 0.3) is 0 Å². The van der Waals surface area contributed by atoms with Crippen molar-refractivity contribution in [2.45, 2.75) is 62.9 Å². The number of hydrogen-bond donors (Lipinski definition) is 1. The number of benzene rings is 3. The molecule has 0 spiro atoms. The van der Waals surface area contributed by atoms with Gasteiger partial charge in [-0.15, -0.1) is 0 Å². The number of aryl methyl sites for hydroxylation is 3. The van der Waals surface area contributed by atoms with E-state index in [9.17, 15) is 21.6 Å². The van der Waals surface area contributed by atoms with Gasteiger partial charge in [-0.3, -0.25) is 4.79 Å². The van der Waals surface area contributed by atoms with Gasteiger partial charge >= 0.3 is 0 Å². The Balaban J connectivity index is 1.49. The summed E-state index contributed by atoms with van der Waals surface area (Å²) in [5.74, 6) is -0.477. The lowest BCUT2D eigenvalue weighted by atomic mass is 10.1. The predicted molar refractivity (Wildman–Crippen MR) is 161 cm³/mol. The minimum atomic E-state index is -4.03. The maximum absolute atomic E-state index is 13.9. The van der Waals surface area contributed by atoms with Gasteiger partial charge in [-0.2, -0.15) is 8.61 Å². The number of carbonyl (C=O) groups excluding carboxylic acids is 1. The van der Waals surface area contributed by atoms with E-state index in [0.29, 0.717) is 40.4 Å². The van der Waals surface area contributed by atoms with Crippen LogP contribution in [0, 0.1) is 20.8 Å². The van der Waals surface area contributed by atoms with Gasteiger partial charge in [0.15, 0.2) is 0 Å². The van der Waals surface area contributed by atoms with Gasteiger partial charge in [0.1, 0.15) is 0 Å². The largest absolute Gasteiger partial charge is 0.351 e. The summed E-state index contributed by atoms with van der Waals surface area (Å²) in [6.45, 7) is 6.19. The van der Waals surface area contributed by atoms with E-state index >= 15 is 0 Å². The molecular weight excluding hydrogens is 582 g/mol. The molecule has 0 bridgehead atoms. The summed E-state index contributed by atoms with van der Waals surface area (Å²) in [6, 6.07) is 16.9. The summed E-state index contributed by atoms with van der Waals surface area (Å²) >= 11 is 6.02. The van der Waals surface area contributed by atoms with E-state index in [1.807, 2.05) is 19.1 Å². The lowest BCUT2D eigenvalue weighted by Gasteiger charge is -2.26. The lowest BCUT2D eigenvalue weighted by Crippen LogP contribution is -2.40. The monoisotopic (exact) mass is 617 g/mol. The van der Waals surface area contributed by atoms with Gasteiger partial charge in [0, 0.05) is 31.2 Å². The molecule has 220 valence electrons. The van der Waals surface area contributed by atoms with E-state index < -0.39 is 26.0 Å². The summed E-state index contributed by atoms with van der Waals surface area (Å²) in [5.41, 5.74) is 3.58. The summed E-state index contributed by atoms with van der Waals surface area (Å²) in [4.78, 5) is 13.5. The molecule has 1 amide bonds. The molecule has 1 aliphatic rings. The van der Waals surface area contributed by atoms with Crippen LogP contribution in [0.1, 0.15) is 47.1 Å². The molecule has 0 atom stereocenters. The number of carbonyl (C=O) groups is 1. The Labute approximate surface area is 248 Å². The molecule has 3 aromatic carbocycles. The van der Waals surface area contributed by atoms with Crippen molar-refractivity contribution in [2.75, 3.05) is 19.6 Å². The molecule has 11 heteroatoms. The molecule has 1 heterocycles. The first-order valence-corrected chi connectivity index (χ1v) is 16.8. The van der Waals surface area contributed by atoms with Crippen LogP contribution < -0.4 is 5.32 Å². The fourth-order valence-electron chi connectivity index (χ4n) is 5.17. The Morgan fingerprint density at radius 3 is 2.00 bits per heavy atom. The van der Waals surface area contributed by atoms with Crippen molar-refractivity contribution >= 4 is 37.6 Å². The third-order valence-electron chi connectivity index (χ3n) is 7.16. The number of piperidine rings is 1. The Morgan fingerprint density at radius 2 is 1.41 bits per heavy atom. The number of hydrogen-bond acceptors (Lipinski definition) is 5. The van der Waals surface area contributed by atoms with E-state index in [4.69, 9.17) is 11.6 Å². The van der Waals surface area contributed by atoms with Gasteiger partial charge in [-0.25, -0.2) is 16.8 Å². The average Bonchev–Trinajstić information content (AvgIpc) is 2.92. The molecular formula is C30H36ClN3O5S2. The van der Waals surface area contributed by atoms with Crippen molar-refractivity contribution in [3.63, 3.8) is 0 Å². The number of sulfonamides is 2. The average molecular weight is 618 g/mol. The molecule has 0 aromatic heterocycles. The van der Waals surface area contributed by atoms with Crippen molar-refractivity contribution in [1.29, 1.82) is 0 Å². The molecule has 1 aliphatic heterocycles. The minimum Gasteiger partial charge on any atom is -0.351 e. The number of amides is 1. The molecule has 0 unspecified atom stereocenters. The first kappa shape index (κ1) is 31.2. The van der Waals surface area contributed by atoms with Crippen LogP contribution in [0.25, 0.3) is 0 Å². The second-order valence-corrected chi connectivity index (χ2v) is 14.8. The molecule has 0 radical (unpaired) electrons. The molecule has 1 fully saturated rings. The summed E-state index contributed by atoms with van der Waals surface area (Å²) in [6.07, 6.45) is 2.75. The number of rotatable bonds is 10. The molecule has 4 rings (SSSR count).